The van der Waals surface area contributed by atoms with E-state index in [0.29, 0.717) is 6.42 Å². The van der Waals surface area contributed by atoms with Crippen molar-refractivity contribution in [2.24, 2.45) is 16.4 Å². The molecule has 0 amide bonds. The van der Waals surface area contributed by atoms with Crippen molar-refractivity contribution < 1.29 is 14.3 Å². The van der Waals surface area contributed by atoms with Gasteiger partial charge < -0.3 is 14.9 Å². The molecule has 5 heteroatoms. The number of carbonyl (C=O) groups is 1. The highest BCUT2D eigenvalue weighted by molar-refractivity contribution is 6.15. The molecule has 1 N–H and O–H groups in total. The van der Waals surface area contributed by atoms with Crippen LogP contribution in [0.3, 0.4) is 0 Å². The minimum atomic E-state index is -0.140. The highest BCUT2D eigenvalue weighted by Gasteiger charge is 2.46. The number of fused-ring (bicyclic) bond motifs is 2. The summed E-state index contributed by atoms with van der Waals surface area (Å²) in [7, 11) is 0. The van der Waals surface area contributed by atoms with Crippen LogP contribution < -0.4 is 14.9 Å². The van der Waals surface area contributed by atoms with Crippen molar-refractivity contribution in [3.05, 3.63) is 23.8 Å². The first kappa shape index (κ1) is 12.7. The quantitative estimate of drug-likeness (QED) is 0.859. The molecule has 0 saturated heterocycles. The van der Waals surface area contributed by atoms with Crippen molar-refractivity contribution in [1.82, 2.24) is 5.43 Å². The standard InChI is InChI=1S/C16H18N2O3/c1-16(2)6-10-14(11(19)7-16)15(18-17-10)9-3-4-12-13(5-9)21-8-20-12/h3-5,10,14,17H,6-8H2,1-2H3. The van der Waals surface area contributed by atoms with Gasteiger partial charge in [-0.15, -0.1) is 0 Å². The Balaban J connectivity index is 1.66. The predicted molar refractivity (Wildman–Crippen MR) is 77.5 cm³/mol. The van der Waals surface area contributed by atoms with E-state index in [-0.39, 0.29) is 30.0 Å². The average molecular weight is 286 g/mol. The summed E-state index contributed by atoms with van der Waals surface area (Å²) in [4.78, 5) is 12.5. The Labute approximate surface area is 123 Å². The number of ether oxygens (including phenoxy) is 2. The minimum absolute atomic E-state index is 0.0467. The number of benzene rings is 1. The van der Waals surface area contributed by atoms with Crippen molar-refractivity contribution in [3.63, 3.8) is 0 Å². The zero-order valence-electron chi connectivity index (χ0n) is 12.2. The normalized spacial score (nSPS) is 28.9. The smallest absolute Gasteiger partial charge is 0.231 e. The Hall–Kier alpha value is -2.04. The number of hydrazone groups is 1. The summed E-state index contributed by atoms with van der Waals surface area (Å²) >= 11 is 0. The lowest BCUT2D eigenvalue weighted by Gasteiger charge is -2.36. The fourth-order valence-corrected chi connectivity index (χ4v) is 3.58. The van der Waals surface area contributed by atoms with Crippen molar-refractivity contribution in [2.45, 2.75) is 32.7 Å². The maximum Gasteiger partial charge on any atom is 0.231 e. The van der Waals surface area contributed by atoms with Crippen LogP contribution in [0.1, 0.15) is 32.3 Å². The van der Waals surface area contributed by atoms with Crippen LogP contribution in [-0.4, -0.2) is 24.3 Å². The third-order valence-corrected chi connectivity index (χ3v) is 4.49. The fourth-order valence-electron chi connectivity index (χ4n) is 3.58. The molecular weight excluding hydrogens is 268 g/mol. The monoisotopic (exact) mass is 286 g/mol. The molecule has 1 saturated carbocycles. The van der Waals surface area contributed by atoms with E-state index >= 15 is 0 Å². The van der Waals surface area contributed by atoms with Gasteiger partial charge in [-0.3, -0.25) is 4.79 Å². The highest BCUT2D eigenvalue weighted by atomic mass is 16.7. The van der Waals surface area contributed by atoms with Crippen molar-refractivity contribution in [1.29, 1.82) is 0 Å². The molecule has 5 nitrogen and oxygen atoms in total. The van der Waals surface area contributed by atoms with Gasteiger partial charge in [0.15, 0.2) is 11.5 Å². The summed E-state index contributed by atoms with van der Waals surface area (Å²) in [6, 6.07) is 5.86. The molecule has 1 fully saturated rings. The van der Waals surface area contributed by atoms with E-state index in [1.54, 1.807) is 0 Å². The van der Waals surface area contributed by atoms with Crippen LogP contribution in [0.2, 0.25) is 0 Å². The molecule has 1 aliphatic carbocycles. The van der Waals surface area contributed by atoms with Crippen molar-refractivity contribution in [2.75, 3.05) is 6.79 Å². The highest BCUT2D eigenvalue weighted by Crippen LogP contribution is 2.40. The zero-order chi connectivity index (χ0) is 14.6. The Morgan fingerprint density at radius 2 is 2.10 bits per heavy atom. The molecule has 2 unspecified atom stereocenters. The Morgan fingerprint density at radius 1 is 1.29 bits per heavy atom. The fraction of sp³-hybridized carbons (Fsp3) is 0.500. The van der Waals surface area contributed by atoms with Gasteiger partial charge in [0.05, 0.1) is 17.7 Å². The van der Waals surface area contributed by atoms with Crippen molar-refractivity contribution in [3.8, 4) is 11.5 Å². The molecule has 0 spiro atoms. The summed E-state index contributed by atoms with van der Waals surface area (Å²) in [6.45, 7) is 4.53. The van der Waals surface area contributed by atoms with Gasteiger partial charge in [-0.05, 0) is 30.0 Å². The molecule has 3 aliphatic rings. The third kappa shape index (κ3) is 1.99. The van der Waals surface area contributed by atoms with E-state index < -0.39 is 0 Å². The Kier molecular flexibility index (Phi) is 2.55. The lowest BCUT2D eigenvalue weighted by atomic mass is 9.68. The summed E-state index contributed by atoms with van der Waals surface area (Å²) in [5.74, 6) is 1.61. The lowest BCUT2D eigenvalue weighted by Crippen LogP contribution is -2.45. The molecule has 2 heterocycles. The number of ketones is 1. The molecule has 2 aliphatic heterocycles. The van der Waals surface area contributed by atoms with Crippen LogP contribution >= 0.6 is 0 Å². The summed E-state index contributed by atoms with van der Waals surface area (Å²) in [6.07, 6.45) is 1.57. The van der Waals surface area contributed by atoms with E-state index in [1.807, 2.05) is 18.2 Å². The van der Waals surface area contributed by atoms with E-state index in [0.717, 1.165) is 29.2 Å². The molecule has 1 aromatic carbocycles. The van der Waals surface area contributed by atoms with Gasteiger partial charge in [0, 0.05) is 12.0 Å². The molecule has 2 atom stereocenters. The topological polar surface area (TPSA) is 59.9 Å². The molecule has 21 heavy (non-hydrogen) atoms. The first-order valence-corrected chi connectivity index (χ1v) is 7.29. The first-order chi connectivity index (χ1) is 10.0. The summed E-state index contributed by atoms with van der Waals surface area (Å²) in [5.41, 5.74) is 4.97. The number of nitrogens with one attached hydrogen (secondary N) is 1. The van der Waals surface area contributed by atoms with Crippen LogP contribution in [0.4, 0.5) is 0 Å². The van der Waals surface area contributed by atoms with Crippen LogP contribution in [0.15, 0.2) is 23.3 Å². The second-order valence-corrected chi connectivity index (χ2v) is 6.79. The SMILES string of the molecule is CC1(C)CC(=O)C2C(c3ccc4c(c3)OCO4)=NNC2C1. The Morgan fingerprint density at radius 3 is 2.95 bits per heavy atom. The van der Waals surface area contributed by atoms with E-state index in [2.05, 4.69) is 24.4 Å². The molecule has 0 aromatic heterocycles. The van der Waals surface area contributed by atoms with Gasteiger partial charge in [-0.25, -0.2) is 0 Å². The van der Waals surface area contributed by atoms with Gasteiger partial charge in [-0.1, -0.05) is 13.8 Å². The maximum absolute atomic E-state index is 12.5. The predicted octanol–water partition coefficient (Wildman–Crippen LogP) is 2.10. The van der Waals surface area contributed by atoms with Crippen LogP contribution in [0.25, 0.3) is 0 Å². The maximum atomic E-state index is 12.5. The van der Waals surface area contributed by atoms with Gasteiger partial charge in [0.25, 0.3) is 0 Å². The number of nitrogens with zero attached hydrogens (tertiary/aromatic N) is 1. The zero-order valence-corrected chi connectivity index (χ0v) is 12.2. The van der Waals surface area contributed by atoms with E-state index in [4.69, 9.17) is 9.47 Å². The molecule has 1 aromatic rings. The van der Waals surface area contributed by atoms with Crippen molar-refractivity contribution >= 4 is 11.5 Å². The molecule has 0 radical (unpaired) electrons. The van der Waals surface area contributed by atoms with Gasteiger partial charge >= 0.3 is 0 Å². The second-order valence-electron chi connectivity index (χ2n) is 6.79. The first-order valence-electron chi connectivity index (χ1n) is 7.29. The minimum Gasteiger partial charge on any atom is -0.454 e. The van der Waals surface area contributed by atoms with Gasteiger partial charge in [0.2, 0.25) is 6.79 Å². The van der Waals surface area contributed by atoms with E-state index in [1.165, 1.54) is 0 Å². The molecular formula is C16H18N2O3. The molecule has 110 valence electrons. The number of hydrogen-bond donors (Lipinski definition) is 1. The van der Waals surface area contributed by atoms with Crippen LogP contribution in [0, 0.1) is 11.3 Å². The van der Waals surface area contributed by atoms with E-state index in [9.17, 15) is 4.79 Å². The average Bonchev–Trinajstić information content (AvgIpc) is 3.01. The Bertz CT molecular complexity index is 651. The third-order valence-electron chi connectivity index (χ3n) is 4.49. The largest absolute Gasteiger partial charge is 0.454 e. The number of hydrogen-bond acceptors (Lipinski definition) is 5. The van der Waals surface area contributed by atoms with Crippen LogP contribution in [0.5, 0.6) is 11.5 Å². The van der Waals surface area contributed by atoms with Gasteiger partial charge in [0.1, 0.15) is 5.78 Å². The number of carbonyl (C=O) groups excluding carboxylic acids is 1. The summed E-state index contributed by atoms with van der Waals surface area (Å²) in [5, 5.41) is 4.44. The van der Waals surface area contributed by atoms with Gasteiger partial charge in [-0.2, -0.15) is 5.10 Å². The second kappa shape index (κ2) is 4.23. The molecule has 4 rings (SSSR count). The molecule has 0 bridgehead atoms. The summed E-state index contributed by atoms with van der Waals surface area (Å²) < 4.78 is 10.7. The number of Topliss-reactive ketones (excluding diaryl/α,β-unsaturated/α-hetero) is 1. The number of rotatable bonds is 1. The van der Waals surface area contributed by atoms with Crippen LogP contribution in [-0.2, 0) is 4.79 Å². The lowest BCUT2D eigenvalue weighted by molar-refractivity contribution is -0.126.